The van der Waals surface area contributed by atoms with E-state index in [9.17, 15) is 5.11 Å². The van der Waals surface area contributed by atoms with Crippen LogP contribution in [0.15, 0.2) is 6.20 Å². The topological polar surface area (TPSA) is 79.4 Å². The Balaban J connectivity index is 3.17. The number of rotatable bonds is 4. The Morgan fingerprint density at radius 1 is 1.53 bits per heavy atom. The molecule has 0 aliphatic heterocycles. The number of aromatic hydroxyl groups is 1. The maximum Gasteiger partial charge on any atom is 0.141 e. The summed E-state index contributed by atoms with van der Waals surface area (Å²) in [6, 6.07) is -0.237. The van der Waals surface area contributed by atoms with Crippen LogP contribution in [0.25, 0.3) is 0 Å². The monoisotopic (exact) mass is 210 g/mol. The molecule has 4 N–H and O–H groups in total. The molecule has 0 saturated carbocycles. The molecule has 0 aliphatic carbocycles. The standard InChI is InChI=1S/C11H18N2O2/c1-3-4-9(12)10-8(6-14)5-13-7(2)11(10)15/h5,9,14-15H,3-4,6,12H2,1-2H3/t9-/m0/s1. The van der Waals surface area contributed by atoms with E-state index in [0.717, 1.165) is 12.8 Å². The molecule has 0 aliphatic rings. The third-order valence-electron chi connectivity index (χ3n) is 2.50. The molecule has 15 heavy (non-hydrogen) atoms. The van der Waals surface area contributed by atoms with Crippen molar-refractivity contribution in [1.82, 2.24) is 4.98 Å². The van der Waals surface area contributed by atoms with Crippen LogP contribution in [0.5, 0.6) is 5.75 Å². The van der Waals surface area contributed by atoms with Crippen LogP contribution in [0.3, 0.4) is 0 Å². The highest BCUT2D eigenvalue weighted by atomic mass is 16.3. The van der Waals surface area contributed by atoms with Crippen molar-refractivity contribution in [2.45, 2.75) is 39.3 Å². The molecule has 0 fully saturated rings. The van der Waals surface area contributed by atoms with E-state index in [1.54, 1.807) is 13.1 Å². The van der Waals surface area contributed by atoms with E-state index in [0.29, 0.717) is 16.8 Å². The highest BCUT2D eigenvalue weighted by Crippen LogP contribution is 2.30. The summed E-state index contributed by atoms with van der Waals surface area (Å²) < 4.78 is 0. The van der Waals surface area contributed by atoms with Crippen molar-refractivity contribution >= 4 is 0 Å². The van der Waals surface area contributed by atoms with E-state index in [1.807, 2.05) is 6.92 Å². The zero-order chi connectivity index (χ0) is 11.4. The molecule has 0 aromatic carbocycles. The zero-order valence-corrected chi connectivity index (χ0v) is 9.20. The lowest BCUT2D eigenvalue weighted by atomic mass is 9.98. The fourth-order valence-electron chi connectivity index (χ4n) is 1.65. The number of nitrogens with zero attached hydrogens (tertiary/aromatic N) is 1. The van der Waals surface area contributed by atoms with E-state index >= 15 is 0 Å². The van der Waals surface area contributed by atoms with Gasteiger partial charge in [0.15, 0.2) is 0 Å². The zero-order valence-electron chi connectivity index (χ0n) is 9.20. The first-order valence-electron chi connectivity index (χ1n) is 5.15. The van der Waals surface area contributed by atoms with Gasteiger partial charge in [0, 0.05) is 23.4 Å². The molecule has 0 unspecified atom stereocenters. The number of aliphatic hydroxyl groups is 1. The molecule has 1 heterocycles. The Labute approximate surface area is 89.8 Å². The minimum absolute atomic E-state index is 0.113. The molecule has 84 valence electrons. The van der Waals surface area contributed by atoms with Gasteiger partial charge in [0.2, 0.25) is 0 Å². The van der Waals surface area contributed by atoms with Crippen molar-refractivity contribution in [3.05, 3.63) is 23.0 Å². The van der Waals surface area contributed by atoms with Gasteiger partial charge in [-0.05, 0) is 13.3 Å². The summed E-state index contributed by atoms with van der Waals surface area (Å²) in [5.74, 6) is 0.113. The fraction of sp³-hybridized carbons (Fsp3) is 0.545. The Bertz CT molecular complexity index is 340. The van der Waals surface area contributed by atoms with Crippen LogP contribution in [-0.4, -0.2) is 15.2 Å². The van der Waals surface area contributed by atoms with Gasteiger partial charge in [0.25, 0.3) is 0 Å². The van der Waals surface area contributed by atoms with Gasteiger partial charge in [-0.2, -0.15) is 0 Å². The maximum atomic E-state index is 9.85. The molecule has 0 spiro atoms. The molecule has 0 radical (unpaired) electrons. The van der Waals surface area contributed by atoms with Gasteiger partial charge in [-0.15, -0.1) is 0 Å². The lowest BCUT2D eigenvalue weighted by Gasteiger charge is -2.17. The fourth-order valence-corrected chi connectivity index (χ4v) is 1.65. The van der Waals surface area contributed by atoms with Crippen LogP contribution in [0.1, 0.15) is 42.6 Å². The Kier molecular flexibility index (Phi) is 4.05. The molecule has 0 amide bonds. The quantitative estimate of drug-likeness (QED) is 0.701. The molecular formula is C11H18N2O2. The minimum Gasteiger partial charge on any atom is -0.506 e. The van der Waals surface area contributed by atoms with Crippen LogP contribution < -0.4 is 5.73 Å². The normalized spacial score (nSPS) is 12.8. The number of aryl methyl sites for hydroxylation is 1. The smallest absolute Gasteiger partial charge is 0.141 e. The molecule has 4 nitrogen and oxygen atoms in total. The number of aliphatic hydroxyl groups excluding tert-OH is 1. The van der Waals surface area contributed by atoms with Gasteiger partial charge in [0.05, 0.1) is 12.3 Å². The summed E-state index contributed by atoms with van der Waals surface area (Å²) in [6.07, 6.45) is 3.29. The van der Waals surface area contributed by atoms with E-state index in [1.165, 1.54) is 0 Å². The maximum absolute atomic E-state index is 9.85. The first-order chi connectivity index (χ1) is 7.11. The van der Waals surface area contributed by atoms with Gasteiger partial charge in [0.1, 0.15) is 5.75 Å². The third-order valence-corrected chi connectivity index (χ3v) is 2.50. The summed E-state index contributed by atoms with van der Waals surface area (Å²) in [5.41, 5.74) is 7.74. The van der Waals surface area contributed by atoms with Gasteiger partial charge in [-0.3, -0.25) is 4.98 Å². The largest absolute Gasteiger partial charge is 0.506 e. The molecule has 1 atom stereocenters. The molecule has 1 aromatic rings. The predicted molar refractivity (Wildman–Crippen MR) is 58.4 cm³/mol. The number of aromatic nitrogens is 1. The van der Waals surface area contributed by atoms with Crippen LogP contribution >= 0.6 is 0 Å². The van der Waals surface area contributed by atoms with Crippen molar-refractivity contribution in [2.75, 3.05) is 0 Å². The van der Waals surface area contributed by atoms with Crippen molar-refractivity contribution in [2.24, 2.45) is 5.73 Å². The Morgan fingerprint density at radius 2 is 2.20 bits per heavy atom. The number of hydrogen-bond acceptors (Lipinski definition) is 4. The second-order valence-electron chi connectivity index (χ2n) is 3.68. The van der Waals surface area contributed by atoms with E-state index in [4.69, 9.17) is 10.8 Å². The minimum atomic E-state index is -0.237. The van der Waals surface area contributed by atoms with Crippen LogP contribution in [0.4, 0.5) is 0 Å². The van der Waals surface area contributed by atoms with Crippen LogP contribution in [0.2, 0.25) is 0 Å². The molecule has 1 aromatic heterocycles. The second-order valence-corrected chi connectivity index (χ2v) is 3.68. The SMILES string of the molecule is CCC[C@H](N)c1c(CO)cnc(C)c1O. The highest BCUT2D eigenvalue weighted by Gasteiger charge is 2.17. The van der Waals surface area contributed by atoms with Gasteiger partial charge < -0.3 is 15.9 Å². The van der Waals surface area contributed by atoms with Gasteiger partial charge in [-0.1, -0.05) is 13.3 Å². The van der Waals surface area contributed by atoms with Gasteiger partial charge >= 0.3 is 0 Å². The third kappa shape index (κ3) is 2.46. The molecule has 1 rings (SSSR count). The summed E-state index contributed by atoms with van der Waals surface area (Å²) in [4.78, 5) is 3.99. The van der Waals surface area contributed by atoms with Crippen LogP contribution in [-0.2, 0) is 6.61 Å². The lowest BCUT2D eigenvalue weighted by molar-refractivity contribution is 0.277. The first-order valence-corrected chi connectivity index (χ1v) is 5.15. The van der Waals surface area contributed by atoms with Crippen molar-refractivity contribution in [3.8, 4) is 5.75 Å². The number of pyridine rings is 1. The summed E-state index contributed by atoms with van der Waals surface area (Å²) in [5, 5.41) is 19.0. The van der Waals surface area contributed by atoms with Gasteiger partial charge in [-0.25, -0.2) is 0 Å². The van der Waals surface area contributed by atoms with Crippen molar-refractivity contribution in [1.29, 1.82) is 0 Å². The molecule has 0 saturated heterocycles. The van der Waals surface area contributed by atoms with E-state index < -0.39 is 0 Å². The van der Waals surface area contributed by atoms with Crippen molar-refractivity contribution in [3.63, 3.8) is 0 Å². The number of hydrogen-bond donors (Lipinski definition) is 3. The Hall–Kier alpha value is -1.13. The summed E-state index contributed by atoms with van der Waals surface area (Å²) in [7, 11) is 0. The average molecular weight is 210 g/mol. The molecular weight excluding hydrogens is 192 g/mol. The highest BCUT2D eigenvalue weighted by molar-refractivity contribution is 5.42. The van der Waals surface area contributed by atoms with Crippen LogP contribution in [0, 0.1) is 6.92 Å². The predicted octanol–water partition coefficient (Wildman–Crippen LogP) is 1.39. The summed E-state index contributed by atoms with van der Waals surface area (Å²) in [6.45, 7) is 3.61. The van der Waals surface area contributed by atoms with Crippen molar-refractivity contribution < 1.29 is 10.2 Å². The first kappa shape index (κ1) is 11.9. The molecule has 4 heteroatoms. The van der Waals surface area contributed by atoms with E-state index in [2.05, 4.69) is 4.98 Å². The molecule has 0 bridgehead atoms. The number of nitrogens with two attached hydrogens (primary N) is 1. The second kappa shape index (κ2) is 5.09. The lowest BCUT2D eigenvalue weighted by Crippen LogP contribution is -2.13. The summed E-state index contributed by atoms with van der Waals surface area (Å²) >= 11 is 0. The average Bonchev–Trinajstić information content (AvgIpc) is 2.22. The van der Waals surface area contributed by atoms with E-state index in [-0.39, 0.29) is 18.4 Å². The Morgan fingerprint density at radius 3 is 2.73 bits per heavy atom.